The summed E-state index contributed by atoms with van der Waals surface area (Å²) in [4.78, 5) is 11.9. The van der Waals surface area contributed by atoms with Crippen LogP contribution in [0, 0.1) is 11.3 Å². The first kappa shape index (κ1) is 13.3. The summed E-state index contributed by atoms with van der Waals surface area (Å²) in [6, 6.07) is 0. The molecule has 0 spiro atoms. The van der Waals surface area contributed by atoms with Crippen LogP contribution in [-0.2, 0) is 9.53 Å². The lowest BCUT2D eigenvalue weighted by molar-refractivity contribution is -0.147. The Kier molecular flexibility index (Phi) is 4.17. The van der Waals surface area contributed by atoms with Gasteiger partial charge in [0.05, 0.1) is 12.5 Å². The molecule has 0 aromatic carbocycles. The predicted molar refractivity (Wildman–Crippen MR) is 66.1 cm³/mol. The molecule has 1 unspecified atom stereocenters. The summed E-state index contributed by atoms with van der Waals surface area (Å²) in [6.45, 7) is 11.0. The maximum Gasteiger partial charge on any atom is 0.313 e. The van der Waals surface area contributed by atoms with Gasteiger partial charge in [-0.1, -0.05) is 25.0 Å². The summed E-state index contributed by atoms with van der Waals surface area (Å²) in [5, 5.41) is 0. The maximum absolute atomic E-state index is 11.9. The molecule has 0 amide bonds. The van der Waals surface area contributed by atoms with Crippen LogP contribution in [0.25, 0.3) is 0 Å². The summed E-state index contributed by atoms with van der Waals surface area (Å²) in [5.74, 6) is -0.0771. The summed E-state index contributed by atoms with van der Waals surface area (Å²) in [7, 11) is 0. The average Bonchev–Trinajstić information content (AvgIpc) is 2.30. The lowest BCUT2D eigenvalue weighted by atomic mass is 9.80. The third-order valence-electron chi connectivity index (χ3n) is 3.70. The molecule has 0 fully saturated rings. The smallest absolute Gasteiger partial charge is 0.313 e. The molecule has 1 rings (SSSR count). The number of rotatable bonds is 2. The van der Waals surface area contributed by atoms with Crippen LogP contribution < -0.4 is 0 Å². The van der Waals surface area contributed by atoms with Gasteiger partial charge in [0.1, 0.15) is 0 Å². The SMILES string of the molecule is CCOC(=O)C1CC(C)(C)CCC(C)=C1C. The number of hydrogen-bond acceptors (Lipinski definition) is 2. The van der Waals surface area contributed by atoms with E-state index in [1.54, 1.807) is 0 Å². The summed E-state index contributed by atoms with van der Waals surface area (Å²) < 4.78 is 5.18. The van der Waals surface area contributed by atoms with Gasteiger partial charge in [-0.2, -0.15) is 0 Å². The number of carbonyl (C=O) groups is 1. The van der Waals surface area contributed by atoms with Crippen LogP contribution in [0.15, 0.2) is 11.1 Å². The Hall–Kier alpha value is -0.790. The normalized spacial score (nSPS) is 25.2. The lowest BCUT2D eigenvalue weighted by Gasteiger charge is -2.26. The summed E-state index contributed by atoms with van der Waals surface area (Å²) in [6.07, 6.45) is 3.18. The van der Waals surface area contributed by atoms with Crippen molar-refractivity contribution in [3.8, 4) is 0 Å². The quantitative estimate of drug-likeness (QED) is 0.528. The minimum absolute atomic E-state index is 0.0301. The molecule has 0 aromatic heterocycles. The van der Waals surface area contributed by atoms with E-state index in [-0.39, 0.29) is 17.3 Å². The van der Waals surface area contributed by atoms with E-state index < -0.39 is 0 Å². The van der Waals surface area contributed by atoms with Crippen LogP contribution >= 0.6 is 0 Å². The van der Waals surface area contributed by atoms with Gasteiger partial charge in [-0.3, -0.25) is 4.79 Å². The molecular formula is C14H24O2. The van der Waals surface area contributed by atoms with Gasteiger partial charge in [0.15, 0.2) is 0 Å². The molecule has 16 heavy (non-hydrogen) atoms. The van der Waals surface area contributed by atoms with Crippen LogP contribution in [0.2, 0.25) is 0 Å². The van der Waals surface area contributed by atoms with E-state index in [1.165, 1.54) is 11.1 Å². The molecule has 0 radical (unpaired) electrons. The molecule has 0 aliphatic heterocycles. The minimum atomic E-state index is -0.0469. The van der Waals surface area contributed by atoms with Crippen molar-refractivity contribution in [1.82, 2.24) is 0 Å². The molecule has 2 heteroatoms. The van der Waals surface area contributed by atoms with Gasteiger partial charge in [-0.05, 0) is 45.4 Å². The Labute approximate surface area is 99.1 Å². The third kappa shape index (κ3) is 3.10. The third-order valence-corrected chi connectivity index (χ3v) is 3.70. The second-order valence-electron chi connectivity index (χ2n) is 5.64. The van der Waals surface area contributed by atoms with Gasteiger partial charge in [0.25, 0.3) is 0 Å². The monoisotopic (exact) mass is 224 g/mol. The summed E-state index contributed by atoms with van der Waals surface area (Å²) >= 11 is 0. The van der Waals surface area contributed by atoms with Crippen LogP contribution in [0.3, 0.4) is 0 Å². The van der Waals surface area contributed by atoms with Crippen molar-refractivity contribution in [2.24, 2.45) is 11.3 Å². The Bertz CT molecular complexity index is 300. The highest BCUT2D eigenvalue weighted by molar-refractivity contribution is 5.76. The van der Waals surface area contributed by atoms with E-state index in [1.807, 2.05) is 6.92 Å². The van der Waals surface area contributed by atoms with E-state index in [0.29, 0.717) is 6.61 Å². The van der Waals surface area contributed by atoms with E-state index in [2.05, 4.69) is 27.7 Å². The number of carbonyl (C=O) groups excluding carboxylic acids is 1. The summed E-state index contributed by atoms with van der Waals surface area (Å²) in [5.41, 5.74) is 2.82. The first-order valence-corrected chi connectivity index (χ1v) is 6.20. The molecule has 0 saturated heterocycles. The van der Waals surface area contributed by atoms with E-state index >= 15 is 0 Å². The average molecular weight is 224 g/mol. The van der Waals surface area contributed by atoms with Crippen molar-refractivity contribution in [3.05, 3.63) is 11.1 Å². The Balaban J connectivity index is 2.92. The van der Waals surface area contributed by atoms with Crippen LogP contribution in [0.4, 0.5) is 0 Å². The van der Waals surface area contributed by atoms with E-state index in [0.717, 1.165) is 19.3 Å². The fraction of sp³-hybridized carbons (Fsp3) is 0.786. The van der Waals surface area contributed by atoms with Gasteiger partial charge in [0, 0.05) is 0 Å². The highest BCUT2D eigenvalue weighted by atomic mass is 16.5. The maximum atomic E-state index is 11.9. The van der Waals surface area contributed by atoms with Crippen molar-refractivity contribution in [3.63, 3.8) is 0 Å². The van der Waals surface area contributed by atoms with Crippen molar-refractivity contribution in [1.29, 1.82) is 0 Å². The van der Waals surface area contributed by atoms with Gasteiger partial charge in [-0.15, -0.1) is 0 Å². The molecule has 2 nitrogen and oxygen atoms in total. The zero-order valence-electron chi connectivity index (χ0n) is 11.2. The topological polar surface area (TPSA) is 26.3 Å². The second-order valence-corrected chi connectivity index (χ2v) is 5.64. The lowest BCUT2D eigenvalue weighted by Crippen LogP contribution is -2.24. The molecule has 0 heterocycles. The number of hydrogen-bond donors (Lipinski definition) is 0. The van der Waals surface area contributed by atoms with E-state index in [9.17, 15) is 4.79 Å². The van der Waals surface area contributed by atoms with Crippen LogP contribution in [-0.4, -0.2) is 12.6 Å². The first-order valence-electron chi connectivity index (χ1n) is 6.20. The van der Waals surface area contributed by atoms with Crippen molar-refractivity contribution in [2.75, 3.05) is 6.61 Å². The van der Waals surface area contributed by atoms with Crippen LogP contribution in [0.5, 0.6) is 0 Å². The predicted octanol–water partition coefficient (Wildman–Crippen LogP) is 3.71. The zero-order valence-corrected chi connectivity index (χ0v) is 11.2. The second kappa shape index (κ2) is 5.03. The largest absolute Gasteiger partial charge is 0.466 e. The van der Waals surface area contributed by atoms with Crippen LogP contribution in [0.1, 0.15) is 53.9 Å². The molecule has 1 aliphatic rings. The molecule has 1 aliphatic carbocycles. The highest BCUT2D eigenvalue weighted by Crippen LogP contribution is 2.40. The fourth-order valence-corrected chi connectivity index (χ4v) is 2.33. The van der Waals surface area contributed by atoms with Gasteiger partial charge >= 0.3 is 5.97 Å². The molecule has 0 N–H and O–H groups in total. The Morgan fingerprint density at radius 3 is 2.62 bits per heavy atom. The van der Waals surface area contributed by atoms with E-state index in [4.69, 9.17) is 4.74 Å². The van der Waals surface area contributed by atoms with Gasteiger partial charge < -0.3 is 4.74 Å². The van der Waals surface area contributed by atoms with Gasteiger partial charge in [-0.25, -0.2) is 0 Å². The van der Waals surface area contributed by atoms with Crippen molar-refractivity contribution < 1.29 is 9.53 Å². The molecule has 0 aromatic rings. The number of ether oxygens (including phenoxy) is 1. The first-order chi connectivity index (χ1) is 7.37. The highest BCUT2D eigenvalue weighted by Gasteiger charge is 2.33. The Morgan fingerprint density at radius 1 is 1.44 bits per heavy atom. The van der Waals surface area contributed by atoms with Crippen molar-refractivity contribution >= 4 is 5.97 Å². The molecule has 0 saturated carbocycles. The molecule has 0 bridgehead atoms. The van der Waals surface area contributed by atoms with Crippen molar-refractivity contribution in [2.45, 2.75) is 53.9 Å². The molecule has 92 valence electrons. The molecular weight excluding hydrogens is 200 g/mol. The van der Waals surface area contributed by atoms with Gasteiger partial charge in [0.2, 0.25) is 0 Å². The number of allylic oxidation sites excluding steroid dienone is 1. The molecule has 1 atom stereocenters. The standard InChI is InChI=1S/C14H24O2/c1-6-16-13(15)12-9-14(4,5)8-7-10(2)11(12)3/h12H,6-9H2,1-5H3. The number of esters is 1. The fourth-order valence-electron chi connectivity index (χ4n) is 2.33. The Morgan fingerprint density at radius 2 is 2.06 bits per heavy atom. The zero-order chi connectivity index (χ0) is 12.3. The minimum Gasteiger partial charge on any atom is -0.466 e.